The van der Waals surface area contributed by atoms with Gasteiger partial charge in [-0.3, -0.25) is 0 Å². The number of likely N-dealkylation sites (tertiary alicyclic amines) is 1. The molecular formula is C14H28N2S. The van der Waals surface area contributed by atoms with Gasteiger partial charge >= 0.3 is 0 Å². The lowest BCUT2D eigenvalue weighted by Crippen LogP contribution is -2.43. The molecule has 2 saturated heterocycles. The molecule has 2 fully saturated rings. The maximum atomic E-state index is 3.79. The fourth-order valence-corrected chi connectivity index (χ4v) is 4.27. The fraction of sp³-hybridized carbons (Fsp3) is 1.00. The Hall–Kier alpha value is 0.270. The predicted octanol–water partition coefficient (Wildman–Crippen LogP) is 2.59. The average molecular weight is 256 g/mol. The molecule has 2 heterocycles. The Kier molecular flexibility index (Phi) is 5.64. The molecule has 0 saturated carbocycles. The Bertz CT molecular complexity index is 208. The van der Waals surface area contributed by atoms with Crippen LogP contribution in [0.5, 0.6) is 0 Å². The molecule has 1 N–H and O–H groups in total. The van der Waals surface area contributed by atoms with Crippen LogP contribution >= 0.6 is 11.8 Å². The lowest BCUT2D eigenvalue weighted by molar-refractivity contribution is 0.169. The van der Waals surface area contributed by atoms with Crippen molar-refractivity contribution in [1.29, 1.82) is 0 Å². The fourth-order valence-electron chi connectivity index (χ4n) is 3.06. The Morgan fingerprint density at radius 3 is 2.65 bits per heavy atom. The quantitative estimate of drug-likeness (QED) is 0.814. The van der Waals surface area contributed by atoms with Gasteiger partial charge < -0.3 is 10.2 Å². The molecule has 0 spiro atoms. The molecule has 0 amide bonds. The van der Waals surface area contributed by atoms with Gasteiger partial charge in [-0.15, -0.1) is 0 Å². The van der Waals surface area contributed by atoms with Crippen LogP contribution in [0.25, 0.3) is 0 Å². The smallest absolute Gasteiger partial charge is 0.0172 e. The van der Waals surface area contributed by atoms with Crippen molar-refractivity contribution in [2.75, 3.05) is 31.9 Å². The summed E-state index contributed by atoms with van der Waals surface area (Å²) in [7, 11) is 0. The van der Waals surface area contributed by atoms with E-state index < -0.39 is 0 Å². The highest BCUT2D eigenvalue weighted by molar-refractivity contribution is 8.00. The van der Waals surface area contributed by atoms with Crippen LogP contribution in [-0.2, 0) is 0 Å². The summed E-state index contributed by atoms with van der Waals surface area (Å²) >= 11 is 2.16. The van der Waals surface area contributed by atoms with E-state index in [1.54, 1.807) is 0 Å². The van der Waals surface area contributed by atoms with E-state index in [-0.39, 0.29) is 0 Å². The summed E-state index contributed by atoms with van der Waals surface area (Å²) in [5.74, 6) is 2.29. The van der Waals surface area contributed by atoms with Crippen LogP contribution in [0.4, 0.5) is 0 Å². The van der Waals surface area contributed by atoms with E-state index in [0.717, 1.165) is 17.2 Å². The second-order valence-electron chi connectivity index (χ2n) is 5.60. The maximum Gasteiger partial charge on any atom is 0.0172 e. The molecule has 0 radical (unpaired) electrons. The van der Waals surface area contributed by atoms with E-state index in [4.69, 9.17) is 0 Å². The van der Waals surface area contributed by atoms with E-state index in [2.05, 4.69) is 35.8 Å². The van der Waals surface area contributed by atoms with Crippen molar-refractivity contribution < 1.29 is 0 Å². The van der Waals surface area contributed by atoms with Crippen molar-refractivity contribution >= 4 is 11.8 Å². The summed E-state index contributed by atoms with van der Waals surface area (Å²) in [5.41, 5.74) is 0. The van der Waals surface area contributed by atoms with E-state index in [0.29, 0.717) is 0 Å². The summed E-state index contributed by atoms with van der Waals surface area (Å²) in [6.07, 6.45) is 5.64. The SMILES string of the molecule is CCN1CCC(C(C)NCC2CCCS2)CC1. The molecule has 17 heavy (non-hydrogen) atoms. The molecular weight excluding hydrogens is 228 g/mol. The molecule has 3 heteroatoms. The van der Waals surface area contributed by atoms with Gasteiger partial charge in [0.25, 0.3) is 0 Å². The Labute approximate surface area is 111 Å². The molecule has 2 unspecified atom stereocenters. The maximum absolute atomic E-state index is 3.79. The van der Waals surface area contributed by atoms with Crippen LogP contribution in [0.15, 0.2) is 0 Å². The summed E-state index contributed by atoms with van der Waals surface area (Å²) in [6.45, 7) is 9.76. The van der Waals surface area contributed by atoms with Crippen LogP contribution in [0, 0.1) is 5.92 Å². The van der Waals surface area contributed by atoms with Gasteiger partial charge in [0.2, 0.25) is 0 Å². The molecule has 2 aliphatic heterocycles. The van der Waals surface area contributed by atoms with Gasteiger partial charge in [0.05, 0.1) is 0 Å². The van der Waals surface area contributed by atoms with Gasteiger partial charge in [-0.1, -0.05) is 6.92 Å². The average Bonchev–Trinajstić information content (AvgIpc) is 2.89. The van der Waals surface area contributed by atoms with E-state index >= 15 is 0 Å². The molecule has 2 nitrogen and oxygen atoms in total. The van der Waals surface area contributed by atoms with Crippen molar-refractivity contribution in [1.82, 2.24) is 10.2 Å². The van der Waals surface area contributed by atoms with Crippen molar-refractivity contribution in [2.45, 2.75) is 50.8 Å². The van der Waals surface area contributed by atoms with Gasteiger partial charge in [-0.2, -0.15) is 11.8 Å². The molecule has 0 aliphatic carbocycles. The Balaban J connectivity index is 1.64. The van der Waals surface area contributed by atoms with Crippen LogP contribution < -0.4 is 5.32 Å². The summed E-state index contributed by atoms with van der Waals surface area (Å²) < 4.78 is 0. The van der Waals surface area contributed by atoms with Gasteiger partial charge in [0.1, 0.15) is 0 Å². The number of piperidine rings is 1. The van der Waals surface area contributed by atoms with Crippen LogP contribution in [0.3, 0.4) is 0 Å². The third kappa shape index (κ3) is 4.15. The van der Waals surface area contributed by atoms with Gasteiger partial charge in [0, 0.05) is 17.8 Å². The molecule has 0 aromatic rings. The summed E-state index contributed by atoms with van der Waals surface area (Å²) in [6, 6.07) is 0.718. The highest BCUT2D eigenvalue weighted by Crippen LogP contribution is 2.26. The molecule has 100 valence electrons. The third-order valence-electron chi connectivity index (χ3n) is 4.48. The highest BCUT2D eigenvalue weighted by Gasteiger charge is 2.24. The first kappa shape index (κ1) is 13.7. The molecule has 0 aromatic carbocycles. The normalized spacial score (nSPS) is 29.6. The first-order chi connectivity index (χ1) is 8.29. The number of nitrogens with one attached hydrogen (secondary N) is 1. The van der Waals surface area contributed by atoms with E-state index in [1.165, 1.54) is 57.6 Å². The van der Waals surface area contributed by atoms with Crippen molar-refractivity contribution in [2.24, 2.45) is 5.92 Å². The number of nitrogens with zero attached hydrogens (tertiary/aromatic N) is 1. The lowest BCUT2D eigenvalue weighted by Gasteiger charge is -2.35. The second-order valence-corrected chi connectivity index (χ2v) is 7.01. The summed E-state index contributed by atoms with van der Waals surface area (Å²) in [5, 5.41) is 4.68. The third-order valence-corrected chi connectivity index (χ3v) is 5.88. The van der Waals surface area contributed by atoms with Gasteiger partial charge in [-0.25, -0.2) is 0 Å². The van der Waals surface area contributed by atoms with E-state index in [9.17, 15) is 0 Å². The zero-order chi connectivity index (χ0) is 12.1. The molecule has 2 rings (SSSR count). The molecule has 0 aromatic heterocycles. The van der Waals surface area contributed by atoms with Gasteiger partial charge in [-0.05, 0) is 63.9 Å². The number of hydrogen-bond acceptors (Lipinski definition) is 3. The van der Waals surface area contributed by atoms with Gasteiger partial charge in [0.15, 0.2) is 0 Å². The predicted molar refractivity (Wildman–Crippen MR) is 77.8 cm³/mol. The molecule has 2 atom stereocenters. The first-order valence-corrected chi connectivity index (χ1v) is 8.41. The molecule has 0 bridgehead atoms. The number of hydrogen-bond donors (Lipinski definition) is 1. The largest absolute Gasteiger partial charge is 0.313 e. The Morgan fingerprint density at radius 1 is 1.29 bits per heavy atom. The Morgan fingerprint density at radius 2 is 2.06 bits per heavy atom. The first-order valence-electron chi connectivity index (χ1n) is 7.37. The van der Waals surface area contributed by atoms with Crippen LogP contribution in [0.1, 0.15) is 39.5 Å². The standard InChI is InChI=1S/C14H28N2S/c1-3-16-8-6-13(7-9-16)12(2)15-11-14-5-4-10-17-14/h12-15H,3-11H2,1-2H3. The zero-order valence-electron chi connectivity index (χ0n) is 11.5. The lowest BCUT2D eigenvalue weighted by atomic mass is 9.90. The van der Waals surface area contributed by atoms with Crippen molar-refractivity contribution in [3.05, 3.63) is 0 Å². The van der Waals surface area contributed by atoms with Crippen molar-refractivity contribution in [3.8, 4) is 0 Å². The molecule has 2 aliphatic rings. The summed E-state index contributed by atoms with van der Waals surface area (Å²) in [4.78, 5) is 2.58. The minimum absolute atomic E-state index is 0.718. The van der Waals surface area contributed by atoms with Crippen LogP contribution in [0.2, 0.25) is 0 Å². The highest BCUT2D eigenvalue weighted by atomic mass is 32.2. The number of rotatable bonds is 5. The van der Waals surface area contributed by atoms with Crippen molar-refractivity contribution in [3.63, 3.8) is 0 Å². The zero-order valence-corrected chi connectivity index (χ0v) is 12.3. The van der Waals surface area contributed by atoms with Crippen LogP contribution in [-0.4, -0.2) is 48.1 Å². The topological polar surface area (TPSA) is 15.3 Å². The monoisotopic (exact) mass is 256 g/mol. The van der Waals surface area contributed by atoms with E-state index in [1.807, 2.05) is 0 Å². The minimum Gasteiger partial charge on any atom is -0.313 e. The second kappa shape index (κ2) is 7.01. The number of thioether (sulfide) groups is 1. The minimum atomic E-state index is 0.718.